The van der Waals surface area contributed by atoms with Crippen molar-refractivity contribution >= 4 is 12.0 Å². The van der Waals surface area contributed by atoms with E-state index in [0.29, 0.717) is 0 Å². The molecule has 0 bridgehead atoms. The van der Waals surface area contributed by atoms with E-state index >= 15 is 0 Å². The normalized spacial score (nSPS) is 12.7. The number of benzene rings is 3. The molecule has 3 aromatic carbocycles. The lowest BCUT2D eigenvalue weighted by Crippen LogP contribution is -2.47. The summed E-state index contributed by atoms with van der Waals surface area (Å²) < 4.78 is 5.55. The zero-order chi connectivity index (χ0) is 23.4. The molecule has 0 heterocycles. The highest BCUT2D eigenvalue weighted by Crippen LogP contribution is 2.44. The monoisotopic (exact) mass is 441 g/mol. The molecule has 0 saturated carbocycles. The van der Waals surface area contributed by atoms with Crippen LogP contribution in [0.15, 0.2) is 72.8 Å². The molecule has 7 nitrogen and oxygen atoms in total. The number of phenols is 1. The van der Waals surface area contributed by atoms with Crippen molar-refractivity contribution in [2.24, 2.45) is 0 Å². The summed E-state index contributed by atoms with van der Waals surface area (Å²) in [5.74, 6) is -0.560. The van der Waals surface area contributed by atoms with E-state index in [2.05, 4.69) is 17.4 Å². The Hall–Kier alpha value is -4.31. The summed E-state index contributed by atoms with van der Waals surface area (Å²) in [6.45, 7) is 0.119. The van der Waals surface area contributed by atoms with Gasteiger partial charge in [0.25, 0.3) is 5.91 Å². The van der Waals surface area contributed by atoms with Crippen molar-refractivity contribution in [3.63, 3.8) is 0 Å². The number of ether oxygens (including phenoxy) is 1. The van der Waals surface area contributed by atoms with E-state index in [1.54, 1.807) is 18.3 Å². The number of nitriles is 1. The number of likely N-dealkylation sites (N-methyl/N-ethyl adjacent to an activating group) is 1. The molecule has 4 rings (SSSR count). The van der Waals surface area contributed by atoms with E-state index < -0.39 is 18.0 Å². The molecule has 1 aliphatic carbocycles. The second kappa shape index (κ2) is 9.45. The van der Waals surface area contributed by atoms with Crippen LogP contribution in [0.5, 0.6) is 5.75 Å². The molecule has 3 aromatic rings. The number of phenolic OH excluding ortho intramolecular Hbond substituents is 1. The fourth-order valence-electron chi connectivity index (χ4n) is 4.13. The van der Waals surface area contributed by atoms with E-state index in [4.69, 9.17) is 10.00 Å². The van der Waals surface area contributed by atoms with Crippen molar-refractivity contribution in [3.05, 3.63) is 89.5 Å². The molecule has 7 heteroatoms. The summed E-state index contributed by atoms with van der Waals surface area (Å²) in [5.41, 5.74) is 5.15. The fraction of sp³-hybridized carbons (Fsp3) is 0.192. The SMILES string of the molecule is CN(C#N)C(=O)C(Cc1ccc(O)cc1)NC(=O)OCC1c2ccccc2-c2ccccc21. The maximum absolute atomic E-state index is 12.7. The van der Waals surface area contributed by atoms with Gasteiger partial charge < -0.3 is 15.2 Å². The molecule has 1 unspecified atom stereocenters. The van der Waals surface area contributed by atoms with Gasteiger partial charge in [-0.25, -0.2) is 4.79 Å². The molecular formula is C26H23N3O4. The highest BCUT2D eigenvalue weighted by Gasteiger charge is 2.30. The number of nitrogens with zero attached hydrogens (tertiary/aromatic N) is 2. The topological polar surface area (TPSA) is 103 Å². The van der Waals surface area contributed by atoms with E-state index in [1.807, 2.05) is 36.4 Å². The lowest BCUT2D eigenvalue weighted by atomic mass is 9.98. The van der Waals surface area contributed by atoms with E-state index in [9.17, 15) is 14.7 Å². The van der Waals surface area contributed by atoms with Gasteiger partial charge in [-0.2, -0.15) is 5.26 Å². The number of carbonyl (C=O) groups is 2. The molecule has 0 fully saturated rings. The van der Waals surface area contributed by atoms with Crippen LogP contribution >= 0.6 is 0 Å². The molecule has 0 aromatic heterocycles. The summed E-state index contributed by atoms with van der Waals surface area (Å²) in [5, 5.41) is 21.2. The predicted octanol–water partition coefficient (Wildman–Crippen LogP) is 3.78. The number of carbonyl (C=O) groups excluding carboxylic acids is 2. The van der Waals surface area contributed by atoms with Gasteiger partial charge in [0.05, 0.1) is 0 Å². The van der Waals surface area contributed by atoms with Gasteiger partial charge >= 0.3 is 6.09 Å². The zero-order valence-corrected chi connectivity index (χ0v) is 18.1. The lowest BCUT2D eigenvalue weighted by Gasteiger charge is -2.21. The number of rotatable bonds is 6. The Bertz CT molecular complexity index is 1170. The molecular weight excluding hydrogens is 418 g/mol. The first kappa shape index (κ1) is 21.9. The molecule has 2 amide bonds. The minimum absolute atomic E-state index is 0.0975. The third kappa shape index (κ3) is 4.65. The predicted molar refractivity (Wildman–Crippen MR) is 122 cm³/mol. The Morgan fingerprint density at radius 1 is 1.03 bits per heavy atom. The van der Waals surface area contributed by atoms with Gasteiger partial charge in [0.2, 0.25) is 0 Å². The van der Waals surface area contributed by atoms with Crippen LogP contribution in [0.1, 0.15) is 22.6 Å². The van der Waals surface area contributed by atoms with Crippen molar-refractivity contribution in [1.29, 1.82) is 5.26 Å². The number of aromatic hydroxyl groups is 1. The molecule has 0 aliphatic heterocycles. The summed E-state index contributed by atoms with van der Waals surface area (Å²) >= 11 is 0. The Balaban J connectivity index is 1.47. The largest absolute Gasteiger partial charge is 0.508 e. The quantitative estimate of drug-likeness (QED) is 0.448. The highest BCUT2D eigenvalue weighted by atomic mass is 16.5. The number of hydrogen-bond donors (Lipinski definition) is 2. The summed E-state index contributed by atoms with van der Waals surface area (Å²) in [4.78, 5) is 26.2. The maximum Gasteiger partial charge on any atom is 0.407 e. The number of alkyl carbamates (subject to hydrolysis) is 1. The van der Waals surface area contributed by atoms with E-state index in [-0.39, 0.29) is 24.7 Å². The van der Waals surface area contributed by atoms with E-state index in [1.165, 1.54) is 19.2 Å². The van der Waals surface area contributed by atoms with Crippen LogP contribution in [0.2, 0.25) is 0 Å². The average molecular weight is 441 g/mol. The van der Waals surface area contributed by atoms with Gasteiger partial charge in [0.1, 0.15) is 18.4 Å². The first-order valence-electron chi connectivity index (χ1n) is 10.5. The third-order valence-electron chi connectivity index (χ3n) is 5.79. The second-order valence-electron chi connectivity index (χ2n) is 7.89. The number of hydrogen-bond acceptors (Lipinski definition) is 5. The van der Waals surface area contributed by atoms with Crippen LogP contribution in [0, 0.1) is 11.5 Å². The number of amides is 2. The van der Waals surface area contributed by atoms with Crippen molar-refractivity contribution in [2.75, 3.05) is 13.7 Å². The molecule has 0 radical (unpaired) electrons. The lowest BCUT2D eigenvalue weighted by molar-refractivity contribution is -0.129. The Labute approximate surface area is 191 Å². The maximum atomic E-state index is 12.7. The minimum Gasteiger partial charge on any atom is -0.508 e. The van der Waals surface area contributed by atoms with E-state index in [0.717, 1.165) is 32.7 Å². The Morgan fingerprint density at radius 3 is 2.18 bits per heavy atom. The standard InChI is InChI=1S/C26H23N3O4/c1-29(16-27)25(31)24(14-17-10-12-18(30)13-11-17)28-26(32)33-15-23-21-8-4-2-6-19(21)20-7-3-5-9-22(20)23/h2-13,23-24,30H,14-15H2,1H3,(H,28,32). The van der Waals surface area contributed by atoms with Crippen molar-refractivity contribution in [3.8, 4) is 23.1 Å². The zero-order valence-electron chi connectivity index (χ0n) is 18.1. The van der Waals surface area contributed by atoms with Gasteiger partial charge in [-0.05, 0) is 39.9 Å². The molecule has 166 valence electrons. The molecule has 1 aliphatic rings. The van der Waals surface area contributed by atoms with Gasteiger partial charge in [0.15, 0.2) is 6.19 Å². The van der Waals surface area contributed by atoms with Crippen LogP contribution in [0.4, 0.5) is 4.79 Å². The first-order valence-corrected chi connectivity index (χ1v) is 10.5. The highest BCUT2D eigenvalue weighted by molar-refractivity contribution is 5.87. The summed E-state index contributed by atoms with van der Waals surface area (Å²) in [7, 11) is 1.34. The molecule has 0 saturated heterocycles. The Morgan fingerprint density at radius 2 is 1.61 bits per heavy atom. The van der Waals surface area contributed by atoms with Crippen molar-refractivity contribution < 1.29 is 19.4 Å². The van der Waals surface area contributed by atoms with Crippen molar-refractivity contribution in [2.45, 2.75) is 18.4 Å². The van der Waals surface area contributed by atoms with Crippen LogP contribution in [0.3, 0.4) is 0 Å². The second-order valence-corrected chi connectivity index (χ2v) is 7.89. The van der Waals surface area contributed by atoms with Crippen LogP contribution < -0.4 is 5.32 Å². The van der Waals surface area contributed by atoms with Crippen LogP contribution in [0.25, 0.3) is 11.1 Å². The molecule has 2 N–H and O–H groups in total. The van der Waals surface area contributed by atoms with Crippen LogP contribution in [-0.4, -0.2) is 41.7 Å². The number of fused-ring (bicyclic) bond motifs is 3. The summed E-state index contributed by atoms with van der Waals surface area (Å²) in [6.07, 6.45) is 1.18. The van der Waals surface area contributed by atoms with Gasteiger partial charge in [0, 0.05) is 19.4 Å². The molecule has 0 spiro atoms. The van der Waals surface area contributed by atoms with Gasteiger partial charge in [-0.3, -0.25) is 9.69 Å². The van der Waals surface area contributed by atoms with Gasteiger partial charge in [-0.15, -0.1) is 0 Å². The van der Waals surface area contributed by atoms with Crippen molar-refractivity contribution in [1.82, 2.24) is 10.2 Å². The molecule has 1 atom stereocenters. The van der Waals surface area contributed by atoms with Gasteiger partial charge in [-0.1, -0.05) is 60.7 Å². The molecule has 33 heavy (non-hydrogen) atoms. The Kier molecular flexibility index (Phi) is 6.27. The third-order valence-corrected chi connectivity index (χ3v) is 5.79. The van der Waals surface area contributed by atoms with Crippen LogP contribution in [-0.2, 0) is 16.0 Å². The first-order chi connectivity index (χ1) is 16.0. The average Bonchev–Trinajstić information content (AvgIpc) is 3.16. The summed E-state index contributed by atoms with van der Waals surface area (Å²) in [6, 6.07) is 21.4. The minimum atomic E-state index is -0.991. The smallest absolute Gasteiger partial charge is 0.407 e. The fourth-order valence-corrected chi connectivity index (χ4v) is 4.13. The number of nitrogens with one attached hydrogen (secondary N) is 1.